The Labute approximate surface area is 151 Å². The van der Waals surface area contributed by atoms with E-state index in [-0.39, 0.29) is 17.0 Å². The fourth-order valence-corrected chi connectivity index (χ4v) is 3.32. The van der Waals surface area contributed by atoms with Gasteiger partial charge in [-0.3, -0.25) is 14.3 Å². The number of nitrogens with one attached hydrogen (secondary N) is 1. The first kappa shape index (κ1) is 23.2. The van der Waals surface area contributed by atoms with Crippen LogP contribution in [-0.2, 0) is 10.8 Å². The van der Waals surface area contributed by atoms with Gasteiger partial charge in [0.25, 0.3) is 5.69 Å². The van der Waals surface area contributed by atoms with Crippen molar-refractivity contribution in [1.82, 2.24) is 5.32 Å². The summed E-state index contributed by atoms with van der Waals surface area (Å²) in [5.41, 5.74) is 5.34. The number of nitrogens with zero attached hydrogens (tertiary/aromatic N) is 1. The van der Waals surface area contributed by atoms with Gasteiger partial charge in [-0.1, -0.05) is 27.4 Å². The third kappa shape index (κ3) is 5.89. The molecule has 0 radical (unpaired) electrons. The first-order chi connectivity index (χ1) is 11.6. The van der Waals surface area contributed by atoms with Crippen molar-refractivity contribution in [2.75, 3.05) is 12.3 Å². The van der Waals surface area contributed by atoms with Crippen LogP contribution in [0.15, 0.2) is 30.5 Å². The fourth-order valence-electron chi connectivity index (χ4n) is 2.00. The summed E-state index contributed by atoms with van der Waals surface area (Å²) in [6.07, 6.45) is 0. The van der Waals surface area contributed by atoms with Gasteiger partial charge in [-0.25, -0.2) is 4.39 Å². The lowest BCUT2D eigenvalue weighted by atomic mass is 10.0. The van der Waals surface area contributed by atoms with Crippen LogP contribution in [0.25, 0.3) is 0 Å². The number of nitro groups is 1. The summed E-state index contributed by atoms with van der Waals surface area (Å²) in [5.74, 6) is -0.373. The third-order valence-electron chi connectivity index (χ3n) is 3.53. The van der Waals surface area contributed by atoms with Crippen LogP contribution in [0.2, 0.25) is 0 Å². The molecule has 0 spiro atoms. The van der Waals surface area contributed by atoms with E-state index < -0.39 is 32.3 Å². The van der Waals surface area contributed by atoms with Crippen molar-refractivity contribution in [3.05, 3.63) is 52.0 Å². The molecule has 0 aromatic heterocycles. The first-order valence-electron chi connectivity index (χ1n) is 8.13. The van der Waals surface area contributed by atoms with E-state index in [0.29, 0.717) is 5.70 Å². The number of nitro benzene ring substituents is 1. The SMILES string of the molecule is C=C1NC(c2cc([N+](=O)[O-])ccc2F)CS(=O)C1(C)C.CC.CCN. The number of non-ortho nitro benzene ring substituents is 1. The van der Waals surface area contributed by atoms with Gasteiger partial charge >= 0.3 is 0 Å². The molecule has 1 aromatic rings. The Morgan fingerprint density at radius 2 is 2.00 bits per heavy atom. The second-order valence-corrected chi connectivity index (χ2v) is 7.61. The van der Waals surface area contributed by atoms with Crippen molar-refractivity contribution >= 4 is 16.5 Å². The van der Waals surface area contributed by atoms with Crippen LogP contribution < -0.4 is 11.1 Å². The zero-order chi connectivity index (χ0) is 19.8. The molecule has 1 saturated heterocycles. The van der Waals surface area contributed by atoms with Crippen LogP contribution in [0, 0.1) is 15.9 Å². The first-order valence-corrected chi connectivity index (χ1v) is 9.45. The highest BCUT2D eigenvalue weighted by Crippen LogP contribution is 2.33. The lowest BCUT2D eigenvalue weighted by Gasteiger charge is -2.37. The summed E-state index contributed by atoms with van der Waals surface area (Å²) in [4.78, 5) is 10.2. The fraction of sp³-hybridized carbons (Fsp3) is 0.529. The minimum atomic E-state index is -1.24. The minimum absolute atomic E-state index is 0.143. The third-order valence-corrected chi connectivity index (χ3v) is 5.55. The normalized spacial score (nSPS) is 21.0. The summed E-state index contributed by atoms with van der Waals surface area (Å²) >= 11 is 0. The van der Waals surface area contributed by atoms with Crippen molar-refractivity contribution in [2.24, 2.45) is 5.73 Å². The van der Waals surface area contributed by atoms with Crippen molar-refractivity contribution in [1.29, 1.82) is 0 Å². The summed E-state index contributed by atoms with van der Waals surface area (Å²) in [5, 5.41) is 13.8. The number of halogens is 1. The van der Waals surface area contributed by atoms with Crippen molar-refractivity contribution in [2.45, 2.75) is 45.4 Å². The van der Waals surface area contributed by atoms with E-state index in [4.69, 9.17) is 5.73 Å². The van der Waals surface area contributed by atoms with Gasteiger partial charge in [-0.05, 0) is 26.5 Å². The maximum absolute atomic E-state index is 13.9. The molecular weight excluding hydrogens is 345 g/mol. The molecule has 6 nitrogen and oxygen atoms in total. The van der Waals surface area contributed by atoms with Crippen LogP contribution >= 0.6 is 0 Å². The summed E-state index contributed by atoms with van der Waals surface area (Å²) in [6.45, 7) is 14.1. The maximum atomic E-state index is 13.9. The Hall–Kier alpha value is -1.80. The van der Waals surface area contributed by atoms with E-state index in [1.54, 1.807) is 13.8 Å². The van der Waals surface area contributed by atoms with Crippen molar-refractivity contribution in [3.63, 3.8) is 0 Å². The second kappa shape index (κ2) is 10.2. The van der Waals surface area contributed by atoms with Gasteiger partial charge in [0.05, 0.1) is 15.7 Å². The molecule has 2 unspecified atom stereocenters. The number of hydrogen-bond donors (Lipinski definition) is 2. The highest BCUT2D eigenvalue weighted by Gasteiger charge is 2.38. The van der Waals surface area contributed by atoms with Crippen LogP contribution in [-0.4, -0.2) is 26.2 Å². The predicted molar refractivity (Wildman–Crippen MR) is 101 cm³/mol. The molecular formula is C17H28FN3O3S. The predicted octanol–water partition coefficient (Wildman–Crippen LogP) is 3.41. The van der Waals surface area contributed by atoms with Crippen LogP contribution in [0.5, 0.6) is 0 Å². The zero-order valence-corrected chi connectivity index (χ0v) is 16.3. The molecule has 2 atom stereocenters. The van der Waals surface area contributed by atoms with Crippen LogP contribution in [0.1, 0.15) is 46.2 Å². The van der Waals surface area contributed by atoms with Crippen LogP contribution in [0.4, 0.5) is 10.1 Å². The molecule has 1 aromatic carbocycles. The summed E-state index contributed by atoms with van der Waals surface area (Å²) < 4.78 is 25.5. The number of nitrogens with two attached hydrogens (primary N) is 1. The molecule has 3 N–H and O–H groups in total. The van der Waals surface area contributed by atoms with Crippen LogP contribution in [0.3, 0.4) is 0 Å². The molecule has 2 rings (SSSR count). The number of rotatable bonds is 2. The van der Waals surface area contributed by atoms with E-state index in [2.05, 4.69) is 11.9 Å². The van der Waals surface area contributed by atoms with Gasteiger partial charge in [0, 0.05) is 39.9 Å². The summed E-state index contributed by atoms with van der Waals surface area (Å²) in [7, 11) is -1.24. The van der Waals surface area contributed by atoms with Crippen molar-refractivity contribution in [3.8, 4) is 0 Å². The Balaban J connectivity index is 0.00000104. The lowest BCUT2D eigenvalue weighted by Crippen LogP contribution is -2.46. The van der Waals surface area contributed by atoms with Gasteiger partial charge in [0.15, 0.2) is 0 Å². The lowest BCUT2D eigenvalue weighted by molar-refractivity contribution is -0.385. The van der Waals surface area contributed by atoms with E-state index >= 15 is 0 Å². The molecule has 1 fully saturated rings. The molecule has 142 valence electrons. The molecule has 0 bridgehead atoms. The Kier molecular flexibility index (Phi) is 9.51. The molecule has 8 heteroatoms. The van der Waals surface area contributed by atoms with Gasteiger partial charge in [0.2, 0.25) is 0 Å². The molecule has 0 amide bonds. The number of hydrogen-bond acceptors (Lipinski definition) is 5. The monoisotopic (exact) mass is 373 g/mol. The smallest absolute Gasteiger partial charge is 0.269 e. The maximum Gasteiger partial charge on any atom is 0.269 e. The highest BCUT2D eigenvalue weighted by molar-refractivity contribution is 7.86. The van der Waals surface area contributed by atoms with E-state index in [0.717, 1.165) is 18.7 Å². The van der Waals surface area contributed by atoms with Gasteiger partial charge in [-0.15, -0.1) is 0 Å². The zero-order valence-electron chi connectivity index (χ0n) is 15.5. The topological polar surface area (TPSA) is 98.3 Å². The second-order valence-electron chi connectivity index (χ2n) is 5.57. The van der Waals surface area contributed by atoms with Gasteiger partial charge < -0.3 is 11.1 Å². The van der Waals surface area contributed by atoms with E-state index in [1.165, 1.54) is 6.07 Å². The van der Waals surface area contributed by atoms with E-state index in [9.17, 15) is 18.7 Å². The van der Waals surface area contributed by atoms with Crippen molar-refractivity contribution < 1.29 is 13.5 Å². The molecule has 25 heavy (non-hydrogen) atoms. The largest absolute Gasteiger partial charge is 0.380 e. The quantitative estimate of drug-likeness (QED) is 0.611. The molecule has 1 heterocycles. The highest BCUT2D eigenvalue weighted by atomic mass is 32.2. The van der Waals surface area contributed by atoms with Gasteiger partial charge in [-0.2, -0.15) is 0 Å². The Morgan fingerprint density at radius 3 is 2.44 bits per heavy atom. The average Bonchev–Trinajstić information content (AvgIpc) is 2.55. The van der Waals surface area contributed by atoms with E-state index in [1.807, 2.05) is 20.8 Å². The Morgan fingerprint density at radius 1 is 1.48 bits per heavy atom. The van der Waals surface area contributed by atoms with Gasteiger partial charge in [0.1, 0.15) is 5.82 Å². The average molecular weight is 373 g/mol. The minimum Gasteiger partial charge on any atom is -0.380 e. The molecule has 1 aliphatic rings. The summed E-state index contributed by atoms with van der Waals surface area (Å²) in [6, 6.07) is 2.77. The standard InChI is InChI=1S/C13H15FN2O3S.C2H7N.C2H6/c1-8-13(2,3)20(19)7-12(15-8)10-6-9(16(17)18)4-5-11(10)14;1-2-3;1-2/h4-6,12,15H,1,7H2,2-3H3;2-3H2,1H3;1-2H3. The molecule has 0 aliphatic carbocycles. The molecule has 0 saturated carbocycles. The Bertz CT molecular complexity index is 616. The molecule has 1 aliphatic heterocycles. The number of benzene rings is 1.